The molecule has 5 aromatic carbocycles. The predicted molar refractivity (Wildman–Crippen MR) is 277 cm³/mol. The van der Waals surface area contributed by atoms with Crippen LogP contribution >= 0.6 is 35.4 Å². The van der Waals surface area contributed by atoms with Gasteiger partial charge in [0.2, 0.25) is 11.0 Å². The standard InChI is InChI=1S/C44H37N11O17S5/c1-22-26(21-45)41-46-27-7-3-4-8-32(27)55(41)42(57)37(22)51-48-29-12-10-24-25(40(29)77(65,66)67)18-36(75-72-70-61)38(39(24)56)52-49-30-20-34(68-2)31(50-53-44-47-28-11-9-23(43(58)59)17-35(28)74-44)19-33(30)54(13-5-15-73-71-69-60)14-6-16-76(62,63)64/h3-4,7-12,17-20,56-57,60-61H,5-6,13-16H2,1-2H3,(H,58,59)(H,62,63,64)(H,65,66,67). The molecule has 0 radical (unpaired) electrons. The van der Waals surface area contributed by atoms with Gasteiger partial charge in [-0.2, -0.15) is 22.1 Å². The number of hydrogen-bond donors (Lipinski definition) is 7. The van der Waals surface area contributed by atoms with Crippen molar-refractivity contribution >= 4 is 139 Å². The first-order valence-electron chi connectivity index (χ1n) is 21.7. The van der Waals surface area contributed by atoms with Crippen molar-refractivity contribution in [2.75, 3.05) is 36.6 Å². The number of aromatic nitrogens is 3. The van der Waals surface area contributed by atoms with Crippen LogP contribution in [0.3, 0.4) is 0 Å². The van der Waals surface area contributed by atoms with Gasteiger partial charge in [0, 0.05) is 53.3 Å². The Bertz CT molecular complexity index is 3980. The number of azo groups is 3. The zero-order valence-electron chi connectivity index (χ0n) is 39.3. The molecule has 0 spiro atoms. The number of anilines is 1. The number of aromatic hydroxyl groups is 2. The number of phenolic OH excluding ortho intramolecular Hbond substituents is 1. The lowest BCUT2D eigenvalue weighted by atomic mass is 10.1. The number of carboxylic acids is 1. The Morgan fingerprint density at radius 3 is 2.27 bits per heavy atom. The van der Waals surface area contributed by atoms with Crippen LogP contribution in [0.2, 0.25) is 0 Å². The van der Waals surface area contributed by atoms with Crippen LogP contribution in [0.5, 0.6) is 17.4 Å². The van der Waals surface area contributed by atoms with Crippen LogP contribution in [0.4, 0.5) is 39.3 Å². The number of methoxy groups -OCH3 is 1. The third kappa shape index (κ3) is 12.3. The first-order valence-corrected chi connectivity index (χ1v) is 27.3. The number of imidazole rings is 1. The van der Waals surface area contributed by atoms with E-state index in [1.807, 2.05) is 6.07 Å². The minimum Gasteiger partial charge on any atom is -0.505 e. The molecule has 0 aliphatic rings. The summed E-state index contributed by atoms with van der Waals surface area (Å²) in [5, 5.41) is 93.3. The molecule has 0 atom stereocenters. The first-order chi connectivity index (χ1) is 36.8. The lowest BCUT2D eigenvalue weighted by molar-refractivity contribution is -0.432. The summed E-state index contributed by atoms with van der Waals surface area (Å²) in [7, 11) is -8.43. The number of thiazole rings is 1. The number of nitriles is 1. The van der Waals surface area contributed by atoms with E-state index in [-0.39, 0.29) is 110 Å². The summed E-state index contributed by atoms with van der Waals surface area (Å²) in [5.74, 6) is -2.82. The average molecular weight is 1150 g/mol. The van der Waals surface area contributed by atoms with Gasteiger partial charge in [-0.1, -0.05) is 33.5 Å². The summed E-state index contributed by atoms with van der Waals surface area (Å²) in [6, 6.07) is 19.2. The van der Waals surface area contributed by atoms with E-state index in [0.717, 1.165) is 35.5 Å². The molecule has 0 aliphatic heterocycles. The average Bonchev–Trinajstić information content (AvgIpc) is 4.06. The molecule has 0 fully saturated rings. The highest BCUT2D eigenvalue weighted by Crippen LogP contribution is 2.49. The highest BCUT2D eigenvalue weighted by atomic mass is 32.2. The van der Waals surface area contributed by atoms with Crippen molar-refractivity contribution in [3.8, 4) is 23.4 Å². The highest BCUT2D eigenvalue weighted by Gasteiger charge is 2.27. The number of rotatable bonds is 23. The Morgan fingerprint density at radius 2 is 1.56 bits per heavy atom. The molecule has 3 aromatic heterocycles. The van der Waals surface area contributed by atoms with Crippen molar-refractivity contribution in [2.45, 2.75) is 29.6 Å². The van der Waals surface area contributed by atoms with Gasteiger partial charge >= 0.3 is 5.97 Å². The number of fused-ring (bicyclic) bond motifs is 5. The smallest absolute Gasteiger partial charge is 0.335 e. The van der Waals surface area contributed by atoms with Crippen LogP contribution in [-0.4, -0.2) is 104 Å². The van der Waals surface area contributed by atoms with E-state index in [4.69, 9.17) is 14.3 Å². The summed E-state index contributed by atoms with van der Waals surface area (Å²) >= 11 is 2.00. The molecular formula is C44H37N11O17S5. The zero-order valence-corrected chi connectivity index (χ0v) is 43.4. The van der Waals surface area contributed by atoms with E-state index in [1.54, 1.807) is 29.2 Å². The molecule has 0 saturated heterocycles. The maximum absolute atomic E-state index is 13.3. The number of hydrogen-bond acceptors (Lipinski definition) is 27. The number of aromatic carboxylic acids is 1. The second-order valence-corrected chi connectivity index (χ2v) is 21.3. The van der Waals surface area contributed by atoms with Crippen molar-refractivity contribution in [3.63, 3.8) is 0 Å². The number of pyridine rings is 1. The van der Waals surface area contributed by atoms with Gasteiger partial charge in [-0.3, -0.25) is 13.5 Å². The number of ether oxygens (including phenoxy) is 1. The number of carboxylic acid groups (broad SMARTS) is 1. The summed E-state index contributed by atoms with van der Waals surface area (Å²) in [4.78, 5) is 20.9. The van der Waals surface area contributed by atoms with Crippen LogP contribution in [0.15, 0.2) is 113 Å². The van der Waals surface area contributed by atoms with Gasteiger partial charge in [-0.15, -0.1) is 39.4 Å². The normalized spacial score (nSPS) is 12.4. The minimum absolute atomic E-state index is 0.0254. The Labute approximate surface area is 445 Å². The lowest BCUT2D eigenvalue weighted by Crippen LogP contribution is -2.27. The fourth-order valence-electron chi connectivity index (χ4n) is 7.84. The predicted octanol–water partition coefficient (Wildman–Crippen LogP) is 11.0. The van der Waals surface area contributed by atoms with Crippen molar-refractivity contribution in [1.82, 2.24) is 14.4 Å². The third-order valence-corrected chi connectivity index (χ3v) is 15.1. The molecule has 8 aromatic rings. The molecule has 28 nitrogen and oxygen atoms in total. The molecule has 33 heteroatoms. The minimum atomic E-state index is -5.29. The van der Waals surface area contributed by atoms with Gasteiger partial charge in [-0.05, 0) is 74.4 Å². The molecule has 8 rings (SSSR count). The van der Waals surface area contributed by atoms with Gasteiger partial charge in [0.05, 0.1) is 62.3 Å². The largest absolute Gasteiger partial charge is 0.505 e. The zero-order chi connectivity index (χ0) is 55.2. The molecule has 77 heavy (non-hydrogen) atoms. The summed E-state index contributed by atoms with van der Waals surface area (Å²) in [5.41, 5.74) is 0.615. The molecule has 0 saturated carbocycles. The van der Waals surface area contributed by atoms with E-state index in [1.165, 1.54) is 54.8 Å². The molecule has 3 heterocycles. The molecule has 0 bridgehead atoms. The topological polar surface area (TPSA) is 404 Å². The fraction of sp³-hybridized carbons (Fsp3) is 0.182. The van der Waals surface area contributed by atoms with E-state index in [2.05, 4.69) is 55.1 Å². The number of phenols is 1. The molecule has 0 aliphatic carbocycles. The van der Waals surface area contributed by atoms with E-state index >= 15 is 0 Å². The Morgan fingerprint density at radius 1 is 0.831 bits per heavy atom. The Kier molecular flexibility index (Phi) is 17.2. The maximum atomic E-state index is 13.3. The summed E-state index contributed by atoms with van der Waals surface area (Å²) < 4.78 is 87.2. The quantitative estimate of drug-likeness (QED) is 0.00781. The first kappa shape index (κ1) is 55.7. The van der Waals surface area contributed by atoms with E-state index < -0.39 is 65.2 Å². The molecule has 0 amide bonds. The van der Waals surface area contributed by atoms with Gasteiger partial charge < -0.3 is 25.0 Å². The van der Waals surface area contributed by atoms with Crippen LogP contribution in [-0.2, 0) is 39.0 Å². The molecule has 400 valence electrons. The van der Waals surface area contributed by atoms with Crippen LogP contribution in [0.25, 0.3) is 37.7 Å². The highest BCUT2D eigenvalue weighted by molar-refractivity contribution is 7.94. The van der Waals surface area contributed by atoms with Gasteiger partial charge in [0.15, 0.2) is 17.1 Å². The van der Waals surface area contributed by atoms with Gasteiger partial charge in [0.25, 0.3) is 20.2 Å². The number of carbonyl (C=O) groups is 1. The molecular weight excluding hydrogens is 1110 g/mol. The van der Waals surface area contributed by atoms with Crippen molar-refractivity contribution in [2.24, 2.45) is 30.7 Å². The monoisotopic (exact) mass is 1150 g/mol. The van der Waals surface area contributed by atoms with Crippen LogP contribution in [0, 0.1) is 18.3 Å². The lowest BCUT2D eigenvalue weighted by Gasteiger charge is -2.26. The second kappa shape index (κ2) is 23.8. The maximum Gasteiger partial charge on any atom is 0.335 e. The van der Waals surface area contributed by atoms with Gasteiger partial charge in [-0.25, -0.2) is 25.3 Å². The number of nitrogens with zero attached hydrogens (tertiary/aromatic N) is 11. The Hall–Kier alpha value is -7.56. The second-order valence-electron chi connectivity index (χ2n) is 15.9. The summed E-state index contributed by atoms with van der Waals surface area (Å²) in [6.07, 6.45) is 0.150. The number of para-hydroxylation sites is 2. The summed E-state index contributed by atoms with van der Waals surface area (Å²) in [6.45, 7) is 1.51. The van der Waals surface area contributed by atoms with E-state index in [0.29, 0.717) is 21.3 Å². The fourth-order valence-corrected chi connectivity index (χ4v) is 10.8. The van der Waals surface area contributed by atoms with E-state index in [9.17, 15) is 56.6 Å². The molecule has 7 N–H and O–H groups in total. The van der Waals surface area contributed by atoms with Crippen molar-refractivity contribution in [1.29, 1.82) is 5.26 Å². The Balaban J connectivity index is 1.25. The van der Waals surface area contributed by atoms with Crippen molar-refractivity contribution < 1.29 is 80.1 Å². The number of benzene rings is 5. The SMILES string of the molecule is COc1cc(N=Nc2c(SOOO)cc3c(S(=O)(=O)O)c(N=Nc4c(C)c(C#N)c5nc6ccccc6n5c4O)ccc3c2O)c(N(CCCSOOO)CCCS(=O)(=O)O)cc1N=Nc1nc2ccc(C(=O)O)cc2s1. The van der Waals surface area contributed by atoms with Crippen molar-refractivity contribution in [3.05, 3.63) is 89.5 Å². The molecule has 0 unspecified atom stereocenters. The third-order valence-electron chi connectivity index (χ3n) is 11.2. The van der Waals surface area contributed by atoms with Crippen LogP contribution in [0.1, 0.15) is 34.3 Å². The van der Waals surface area contributed by atoms with Crippen LogP contribution < -0.4 is 9.64 Å². The van der Waals surface area contributed by atoms with Gasteiger partial charge in [0.1, 0.15) is 45.0 Å².